The third-order valence-electron chi connectivity index (χ3n) is 4.73. The highest BCUT2D eigenvalue weighted by molar-refractivity contribution is 5.90. The van der Waals surface area contributed by atoms with Crippen molar-refractivity contribution in [1.82, 2.24) is 4.90 Å². The van der Waals surface area contributed by atoms with Gasteiger partial charge in [-0.15, -0.1) is 0 Å². The third-order valence-corrected chi connectivity index (χ3v) is 4.73. The Labute approximate surface area is 149 Å². The molecule has 6 nitrogen and oxygen atoms in total. The molecule has 0 saturated heterocycles. The lowest BCUT2D eigenvalue weighted by Gasteiger charge is -2.33. The second-order valence-corrected chi connectivity index (χ2v) is 6.70. The molecule has 2 amide bonds. The standard InChI is InChI=1S/C19H29N3O3/c1-13(19(24)22(3)16-8-6-5-7-9-16)20-17-12-15(21-14(2)23)10-11-18(17)25-4/h10-13,16,20H,5-9H2,1-4H3,(H,21,23). The first-order valence-electron chi connectivity index (χ1n) is 8.91. The summed E-state index contributed by atoms with van der Waals surface area (Å²) in [5.41, 5.74) is 1.35. The van der Waals surface area contributed by atoms with E-state index in [9.17, 15) is 9.59 Å². The maximum absolute atomic E-state index is 12.8. The molecule has 6 heteroatoms. The number of rotatable bonds is 6. The minimum absolute atomic E-state index is 0.0684. The van der Waals surface area contributed by atoms with E-state index < -0.39 is 0 Å². The molecule has 1 saturated carbocycles. The number of nitrogens with one attached hydrogen (secondary N) is 2. The minimum atomic E-state index is -0.381. The number of anilines is 2. The molecule has 0 aromatic heterocycles. The lowest BCUT2D eigenvalue weighted by Crippen LogP contribution is -2.45. The fourth-order valence-electron chi connectivity index (χ4n) is 3.35. The molecule has 0 radical (unpaired) electrons. The van der Waals surface area contributed by atoms with E-state index in [2.05, 4.69) is 10.6 Å². The summed E-state index contributed by atoms with van der Waals surface area (Å²) in [6.07, 6.45) is 5.80. The number of ether oxygens (including phenoxy) is 1. The average Bonchev–Trinajstić information content (AvgIpc) is 2.61. The van der Waals surface area contributed by atoms with Gasteiger partial charge in [0.2, 0.25) is 11.8 Å². The molecule has 1 atom stereocenters. The third kappa shape index (κ3) is 5.11. The molecule has 0 bridgehead atoms. The Morgan fingerprint density at radius 2 is 1.92 bits per heavy atom. The van der Waals surface area contributed by atoms with Crippen LogP contribution in [0.1, 0.15) is 46.0 Å². The second-order valence-electron chi connectivity index (χ2n) is 6.70. The Balaban J connectivity index is 2.08. The number of hydrogen-bond donors (Lipinski definition) is 2. The number of nitrogens with zero attached hydrogens (tertiary/aromatic N) is 1. The summed E-state index contributed by atoms with van der Waals surface area (Å²) in [6, 6.07) is 5.28. The Kier molecular flexibility index (Phi) is 6.67. The van der Waals surface area contributed by atoms with Crippen molar-refractivity contribution in [3.05, 3.63) is 18.2 Å². The number of methoxy groups -OCH3 is 1. The van der Waals surface area contributed by atoms with Crippen LogP contribution in [0.3, 0.4) is 0 Å². The summed E-state index contributed by atoms with van der Waals surface area (Å²) in [5, 5.41) is 5.97. The zero-order valence-electron chi connectivity index (χ0n) is 15.6. The zero-order valence-corrected chi connectivity index (χ0v) is 15.6. The van der Waals surface area contributed by atoms with Crippen LogP contribution in [0.15, 0.2) is 18.2 Å². The van der Waals surface area contributed by atoms with Crippen molar-refractivity contribution in [2.75, 3.05) is 24.8 Å². The lowest BCUT2D eigenvalue weighted by molar-refractivity contribution is -0.133. The zero-order chi connectivity index (χ0) is 18.4. The number of hydrogen-bond acceptors (Lipinski definition) is 4. The molecular weight excluding hydrogens is 318 g/mol. The Morgan fingerprint density at radius 1 is 1.24 bits per heavy atom. The van der Waals surface area contributed by atoms with E-state index in [-0.39, 0.29) is 17.9 Å². The normalized spacial score (nSPS) is 16.0. The summed E-state index contributed by atoms with van der Waals surface area (Å²) in [5.74, 6) is 0.560. The summed E-state index contributed by atoms with van der Waals surface area (Å²) in [6.45, 7) is 3.31. The SMILES string of the molecule is COc1ccc(NC(C)=O)cc1NC(C)C(=O)N(C)C1CCCCC1. The van der Waals surface area contributed by atoms with Gasteiger partial charge in [0.15, 0.2) is 0 Å². The van der Waals surface area contributed by atoms with E-state index in [1.807, 2.05) is 18.9 Å². The topological polar surface area (TPSA) is 70.7 Å². The van der Waals surface area contributed by atoms with Gasteiger partial charge < -0.3 is 20.3 Å². The molecule has 0 spiro atoms. The summed E-state index contributed by atoms with van der Waals surface area (Å²) in [7, 11) is 3.47. The van der Waals surface area contributed by atoms with Gasteiger partial charge in [0.1, 0.15) is 11.8 Å². The van der Waals surface area contributed by atoms with Gasteiger partial charge in [-0.2, -0.15) is 0 Å². The highest BCUT2D eigenvalue weighted by Crippen LogP contribution is 2.29. The van der Waals surface area contributed by atoms with Crippen LogP contribution in [0.4, 0.5) is 11.4 Å². The van der Waals surface area contributed by atoms with Gasteiger partial charge in [-0.3, -0.25) is 9.59 Å². The van der Waals surface area contributed by atoms with Crippen molar-refractivity contribution in [1.29, 1.82) is 0 Å². The average molecular weight is 347 g/mol. The van der Waals surface area contributed by atoms with E-state index in [0.717, 1.165) is 12.8 Å². The molecular formula is C19H29N3O3. The van der Waals surface area contributed by atoms with Gasteiger partial charge in [0.05, 0.1) is 12.8 Å². The lowest BCUT2D eigenvalue weighted by atomic mass is 9.94. The van der Waals surface area contributed by atoms with Gasteiger partial charge in [0.25, 0.3) is 0 Å². The van der Waals surface area contributed by atoms with E-state index in [0.29, 0.717) is 23.2 Å². The number of carbonyl (C=O) groups excluding carboxylic acids is 2. The van der Waals surface area contributed by atoms with Crippen LogP contribution in [0, 0.1) is 0 Å². The van der Waals surface area contributed by atoms with Crippen molar-refractivity contribution in [2.45, 2.75) is 58.0 Å². The maximum atomic E-state index is 12.8. The summed E-state index contributed by atoms with van der Waals surface area (Å²) < 4.78 is 5.36. The van der Waals surface area contributed by atoms with Crippen LogP contribution < -0.4 is 15.4 Å². The number of carbonyl (C=O) groups is 2. The Bertz CT molecular complexity index is 612. The van der Waals surface area contributed by atoms with Crippen LogP contribution in [-0.4, -0.2) is 43.0 Å². The van der Waals surface area contributed by atoms with E-state index in [4.69, 9.17) is 4.74 Å². The molecule has 1 fully saturated rings. The summed E-state index contributed by atoms with van der Waals surface area (Å²) >= 11 is 0. The molecule has 0 heterocycles. The van der Waals surface area contributed by atoms with E-state index >= 15 is 0 Å². The molecule has 1 aliphatic rings. The molecule has 2 N–H and O–H groups in total. The highest BCUT2D eigenvalue weighted by Gasteiger charge is 2.26. The number of benzene rings is 1. The van der Waals surface area contributed by atoms with Crippen LogP contribution in [0.2, 0.25) is 0 Å². The van der Waals surface area contributed by atoms with Crippen molar-refractivity contribution in [3.8, 4) is 5.75 Å². The molecule has 25 heavy (non-hydrogen) atoms. The molecule has 1 unspecified atom stereocenters. The first-order chi connectivity index (χ1) is 11.9. The fourth-order valence-corrected chi connectivity index (χ4v) is 3.35. The number of amides is 2. The molecule has 0 aliphatic heterocycles. The second kappa shape index (κ2) is 8.74. The monoisotopic (exact) mass is 347 g/mol. The molecule has 138 valence electrons. The quantitative estimate of drug-likeness (QED) is 0.829. The van der Waals surface area contributed by atoms with Crippen molar-refractivity contribution < 1.29 is 14.3 Å². The maximum Gasteiger partial charge on any atom is 0.244 e. The molecule has 2 rings (SSSR count). The van der Waals surface area contributed by atoms with Crippen molar-refractivity contribution >= 4 is 23.2 Å². The smallest absolute Gasteiger partial charge is 0.244 e. The first-order valence-corrected chi connectivity index (χ1v) is 8.91. The summed E-state index contributed by atoms with van der Waals surface area (Å²) in [4.78, 5) is 25.9. The van der Waals surface area contributed by atoms with Crippen LogP contribution in [0.5, 0.6) is 5.75 Å². The molecule has 1 aliphatic carbocycles. The predicted octanol–water partition coefficient (Wildman–Crippen LogP) is 3.25. The van der Waals surface area contributed by atoms with Crippen LogP contribution in [-0.2, 0) is 9.59 Å². The van der Waals surface area contributed by atoms with Gasteiger partial charge in [-0.1, -0.05) is 19.3 Å². The van der Waals surface area contributed by atoms with Gasteiger partial charge in [-0.05, 0) is 38.0 Å². The van der Waals surface area contributed by atoms with Gasteiger partial charge in [-0.25, -0.2) is 0 Å². The number of likely N-dealkylation sites (N-methyl/N-ethyl adjacent to an activating group) is 1. The molecule has 1 aromatic rings. The predicted molar refractivity (Wildman–Crippen MR) is 100 cm³/mol. The van der Waals surface area contributed by atoms with Crippen LogP contribution in [0.25, 0.3) is 0 Å². The fraction of sp³-hybridized carbons (Fsp3) is 0.579. The molecule has 1 aromatic carbocycles. The van der Waals surface area contributed by atoms with Crippen molar-refractivity contribution in [3.63, 3.8) is 0 Å². The van der Waals surface area contributed by atoms with E-state index in [1.54, 1.807) is 25.3 Å². The van der Waals surface area contributed by atoms with Gasteiger partial charge >= 0.3 is 0 Å². The first kappa shape index (κ1) is 19.1. The largest absolute Gasteiger partial charge is 0.495 e. The van der Waals surface area contributed by atoms with Crippen molar-refractivity contribution in [2.24, 2.45) is 0 Å². The van der Waals surface area contributed by atoms with Gasteiger partial charge in [0, 0.05) is 25.7 Å². The Morgan fingerprint density at radius 3 is 2.52 bits per heavy atom. The highest BCUT2D eigenvalue weighted by atomic mass is 16.5. The van der Waals surface area contributed by atoms with Crippen LogP contribution >= 0.6 is 0 Å². The minimum Gasteiger partial charge on any atom is -0.495 e. The van der Waals surface area contributed by atoms with E-state index in [1.165, 1.54) is 26.2 Å². The Hall–Kier alpha value is -2.24.